The average Bonchev–Trinajstić information content (AvgIpc) is 3.46. The minimum absolute atomic E-state index is 0. The number of carbonyl (C=O) groups is 1. The molecule has 1 N–H and O–H groups in total. The molecule has 2 aromatic heterocycles. The third-order valence-electron chi connectivity index (χ3n) is 10.9. The van der Waals surface area contributed by atoms with E-state index in [4.69, 9.17) is 0 Å². The number of aromatic nitrogens is 1. The smallest absolute Gasteiger partial charge is 0.436 e. The van der Waals surface area contributed by atoms with E-state index >= 15 is 4.39 Å². The van der Waals surface area contributed by atoms with Crippen LogP contribution in [-0.2, 0) is 36.0 Å². The van der Waals surface area contributed by atoms with Crippen LogP contribution in [-0.4, -0.2) is 28.2 Å². The number of ketones is 1. The van der Waals surface area contributed by atoms with Crippen LogP contribution in [0, 0.1) is 45.6 Å². The summed E-state index contributed by atoms with van der Waals surface area (Å²) < 4.78 is 100. The average molecular weight is 1020 g/mol. The fourth-order valence-electron chi connectivity index (χ4n) is 7.71. The van der Waals surface area contributed by atoms with E-state index in [1.54, 1.807) is 0 Å². The molecule has 0 saturated heterocycles. The number of thiophene rings is 1. The van der Waals surface area contributed by atoms with Crippen molar-refractivity contribution in [1.29, 1.82) is 0 Å². The van der Waals surface area contributed by atoms with Crippen LogP contribution in [0.15, 0.2) is 60.5 Å². The van der Waals surface area contributed by atoms with Gasteiger partial charge in [0, 0.05) is 65.0 Å². The Morgan fingerprint density at radius 2 is 1.34 bits per heavy atom. The largest absolute Gasteiger partial charge is 0.512 e. The number of alkyl halides is 7. The van der Waals surface area contributed by atoms with Crippen molar-refractivity contribution in [3.05, 3.63) is 99.9 Å². The van der Waals surface area contributed by atoms with Gasteiger partial charge in [0.2, 0.25) is 0 Å². The maximum atomic E-state index is 15.7. The molecule has 3 nitrogen and oxygen atoms in total. The van der Waals surface area contributed by atoms with Crippen molar-refractivity contribution in [3.63, 3.8) is 0 Å². The molecule has 0 bridgehead atoms. The van der Waals surface area contributed by atoms with Crippen LogP contribution in [0.5, 0.6) is 0 Å². The van der Waals surface area contributed by atoms with Gasteiger partial charge in [-0.1, -0.05) is 95.3 Å². The molecule has 0 atom stereocenters. The van der Waals surface area contributed by atoms with Crippen molar-refractivity contribution in [3.8, 4) is 21.7 Å². The topological polar surface area (TPSA) is 50.2 Å². The summed E-state index contributed by atoms with van der Waals surface area (Å²) in [5.74, 6) is 0.547. The molecule has 1 radical (unpaired) electrons. The first-order valence-electron chi connectivity index (χ1n) is 19.6. The van der Waals surface area contributed by atoms with Crippen molar-refractivity contribution in [2.24, 2.45) is 11.8 Å². The minimum Gasteiger partial charge on any atom is -0.512 e. The number of allylic oxidation sites excluding steroid dienone is 2. The van der Waals surface area contributed by atoms with Crippen molar-refractivity contribution in [2.75, 3.05) is 0 Å². The molecule has 5 rings (SSSR count). The normalized spacial score (nSPS) is 12.9. The first kappa shape index (κ1) is 49.8. The van der Waals surface area contributed by atoms with Crippen LogP contribution < -0.4 is 0 Å². The molecular weight excluding hydrogens is 968 g/mol. The number of hydrogen-bond acceptors (Lipinski definition) is 4. The number of aryl methyl sites for hydroxylation is 4. The van der Waals surface area contributed by atoms with Crippen molar-refractivity contribution >= 4 is 38.0 Å². The Bertz CT molecular complexity index is 2270. The van der Waals surface area contributed by atoms with Gasteiger partial charge >= 0.3 is 18.0 Å². The number of hydrogen-bond donors (Lipinski definition) is 1. The number of carbonyl (C=O) groups excluding carboxylic acids is 1. The van der Waals surface area contributed by atoms with Gasteiger partial charge < -0.3 is 5.11 Å². The molecule has 0 amide bonds. The Hall–Kier alpha value is -3.60. The van der Waals surface area contributed by atoms with Crippen LogP contribution >= 0.6 is 11.3 Å². The van der Waals surface area contributed by atoms with Crippen LogP contribution in [0.4, 0.5) is 30.7 Å². The molecule has 5 aromatic rings. The SMILES string of the molecule is CCC(CC)C(=O)/C=C(\O)C(CC)CC.Cc1cc(C)c(-c2sc3c(-c4[c-]c5ccccc5c(C(C)(C)C)c4)ncc(C(F)(C(F)(F)F)C(F)(F)F)c3c2C)c(C)c1.[Ir]. The predicted octanol–water partition coefficient (Wildman–Crippen LogP) is 15.3. The Morgan fingerprint density at radius 3 is 1.83 bits per heavy atom. The summed E-state index contributed by atoms with van der Waals surface area (Å²) in [5, 5.41) is 10.9. The van der Waals surface area contributed by atoms with Crippen LogP contribution in [0.2, 0.25) is 0 Å². The van der Waals surface area contributed by atoms with Gasteiger partial charge in [0.1, 0.15) is 0 Å². The van der Waals surface area contributed by atoms with E-state index in [0.29, 0.717) is 27.6 Å². The molecule has 0 spiro atoms. The van der Waals surface area contributed by atoms with Crippen LogP contribution in [0.1, 0.15) is 108 Å². The van der Waals surface area contributed by atoms with Crippen LogP contribution in [0.25, 0.3) is 42.6 Å². The predicted molar refractivity (Wildman–Crippen MR) is 223 cm³/mol. The van der Waals surface area contributed by atoms with Gasteiger partial charge in [0.25, 0.3) is 0 Å². The zero-order chi connectivity index (χ0) is 43.7. The number of benzene rings is 3. The number of rotatable bonds is 10. The number of nitrogens with zero attached hydrogens (tertiary/aromatic N) is 1. The minimum atomic E-state index is -6.28. The summed E-state index contributed by atoms with van der Waals surface area (Å²) in [5.41, 5.74) is -2.75. The Kier molecular flexibility index (Phi) is 16.0. The fourth-order valence-corrected chi connectivity index (χ4v) is 9.22. The molecule has 0 aliphatic rings. The summed E-state index contributed by atoms with van der Waals surface area (Å²) in [6.45, 7) is 21.1. The Labute approximate surface area is 360 Å². The molecular formula is C47H53F7IrNO2S-. The van der Waals surface area contributed by atoms with Crippen molar-refractivity contribution < 1.29 is 60.7 Å². The monoisotopic (exact) mass is 1020 g/mol. The second kappa shape index (κ2) is 19.0. The maximum Gasteiger partial charge on any atom is 0.436 e. The first-order valence-corrected chi connectivity index (χ1v) is 20.4. The molecule has 3 aromatic carbocycles. The van der Waals surface area contributed by atoms with E-state index in [0.717, 1.165) is 64.7 Å². The Morgan fingerprint density at radius 1 is 0.814 bits per heavy atom. The number of halogens is 7. The van der Waals surface area contributed by atoms with Gasteiger partial charge in [-0.25, -0.2) is 4.39 Å². The molecule has 0 unspecified atom stereocenters. The molecule has 12 heteroatoms. The number of fused-ring (bicyclic) bond motifs is 2. The quantitative estimate of drug-likeness (QED) is 0.0656. The van der Waals surface area contributed by atoms with E-state index in [2.05, 4.69) is 11.1 Å². The molecule has 2 heterocycles. The molecule has 0 aliphatic carbocycles. The second-order valence-electron chi connectivity index (χ2n) is 16.1. The van der Waals surface area contributed by atoms with Gasteiger partial charge in [-0.3, -0.25) is 9.78 Å². The number of aliphatic hydroxyl groups excluding tert-OH is 1. The van der Waals surface area contributed by atoms with Gasteiger partial charge in [-0.15, -0.1) is 40.5 Å². The van der Waals surface area contributed by atoms with Gasteiger partial charge in [0.05, 0.1) is 5.76 Å². The van der Waals surface area contributed by atoms with E-state index in [9.17, 15) is 36.2 Å². The summed E-state index contributed by atoms with van der Waals surface area (Å²) >= 11 is 1.02. The van der Waals surface area contributed by atoms with E-state index in [1.807, 2.05) is 112 Å². The molecule has 59 heavy (non-hydrogen) atoms. The molecule has 0 fully saturated rings. The summed E-state index contributed by atoms with van der Waals surface area (Å²) in [6.07, 6.45) is -7.25. The Balaban J connectivity index is 0.000000496. The second-order valence-corrected chi connectivity index (χ2v) is 17.1. The van der Waals surface area contributed by atoms with Crippen molar-refractivity contribution in [2.45, 2.75) is 125 Å². The van der Waals surface area contributed by atoms with Gasteiger partial charge in [-0.2, -0.15) is 26.3 Å². The summed E-state index contributed by atoms with van der Waals surface area (Å²) in [6, 6.07) is 16.3. The standard InChI is InChI=1S/C34H29F7NS.C13H24O2.Ir/c1-17-12-18(2)26(19(3)13-17)29-20(4)27-25(32(35,33(36,37)38)34(39,40)41)16-42-28(30(27)43-29)22-14-21-10-8-9-11-23(21)24(15-22)31(5,6)7;1-5-10(6-2)12(14)9-13(15)11(7-3)8-4;/h8-13,15-16H,1-7H3;9-11,14H,5-8H2,1-4H3;/q-1;;/b;12-9-;. The summed E-state index contributed by atoms with van der Waals surface area (Å²) in [4.78, 5) is 16.3. The third kappa shape index (κ3) is 9.97. The molecule has 0 saturated carbocycles. The van der Waals surface area contributed by atoms with Gasteiger partial charge in [0.15, 0.2) is 5.78 Å². The maximum absolute atomic E-state index is 15.7. The zero-order valence-corrected chi connectivity index (χ0v) is 38.6. The van der Waals surface area contributed by atoms with E-state index in [1.165, 1.54) is 13.0 Å². The van der Waals surface area contributed by atoms with Crippen molar-refractivity contribution in [1.82, 2.24) is 4.98 Å². The fraction of sp³-hybridized carbons (Fsp3) is 0.447. The molecule has 0 aliphatic heterocycles. The summed E-state index contributed by atoms with van der Waals surface area (Å²) in [7, 11) is 0. The van der Waals surface area contributed by atoms with Gasteiger partial charge in [-0.05, 0) is 86.4 Å². The van der Waals surface area contributed by atoms with Crippen LogP contribution in [0.3, 0.4) is 0 Å². The third-order valence-corrected chi connectivity index (χ3v) is 12.2. The first-order chi connectivity index (χ1) is 26.9. The van der Waals surface area contributed by atoms with E-state index in [-0.39, 0.29) is 64.9 Å². The molecule has 323 valence electrons. The number of pyridine rings is 1. The number of aliphatic hydroxyl groups is 1. The van der Waals surface area contributed by atoms with E-state index < -0.39 is 29.0 Å². The zero-order valence-electron chi connectivity index (χ0n) is 35.4.